The fraction of sp³-hybridized carbons (Fsp3) is 0.192. The molecule has 0 atom stereocenters. The van der Waals surface area contributed by atoms with E-state index >= 15 is 0 Å². The molecular weight excluding hydrogens is 388 g/mol. The summed E-state index contributed by atoms with van der Waals surface area (Å²) in [5.74, 6) is -0.139. The molecule has 4 aromatic rings. The molecule has 0 spiro atoms. The van der Waals surface area contributed by atoms with Gasteiger partial charge in [-0.3, -0.25) is 0 Å². The maximum Gasteiger partial charge on any atom is 0.352 e. The topological polar surface area (TPSA) is 63.5 Å². The number of nitrogens with one attached hydrogen (secondary N) is 1. The molecule has 1 heterocycles. The monoisotopic (exact) mass is 414 g/mol. The molecule has 1 aromatic heterocycles. The van der Waals surface area contributed by atoms with E-state index in [4.69, 9.17) is 4.74 Å². The van der Waals surface area contributed by atoms with E-state index in [1.54, 1.807) is 7.11 Å². The second-order valence-corrected chi connectivity index (χ2v) is 7.68. The van der Waals surface area contributed by atoms with Gasteiger partial charge in [0.2, 0.25) is 0 Å². The molecule has 0 saturated heterocycles. The maximum atomic E-state index is 12.4. The molecule has 5 nitrogen and oxygen atoms in total. The maximum absolute atomic E-state index is 12.4. The molecule has 0 aliphatic carbocycles. The first kappa shape index (κ1) is 20.7. The summed E-state index contributed by atoms with van der Waals surface area (Å²) in [6, 6.07) is 24.0. The Bertz CT molecular complexity index is 1200. The molecule has 4 rings (SSSR count). The van der Waals surface area contributed by atoms with Crippen LogP contribution in [-0.4, -0.2) is 22.8 Å². The van der Waals surface area contributed by atoms with Crippen LogP contribution in [0.4, 0.5) is 0 Å². The largest absolute Gasteiger partial charge is 0.497 e. The zero-order valence-corrected chi connectivity index (χ0v) is 17.8. The summed E-state index contributed by atoms with van der Waals surface area (Å²) in [5.41, 5.74) is 5.36. The Kier molecular flexibility index (Phi) is 6.05. The van der Waals surface area contributed by atoms with E-state index < -0.39 is 5.97 Å². The van der Waals surface area contributed by atoms with Gasteiger partial charge < -0.3 is 19.7 Å². The molecule has 0 fully saturated rings. The summed E-state index contributed by atoms with van der Waals surface area (Å²) in [4.78, 5) is 12.4. The normalized spacial score (nSPS) is 11.0. The average molecular weight is 415 g/mol. The number of benzene rings is 3. The second-order valence-electron chi connectivity index (χ2n) is 7.68. The third kappa shape index (κ3) is 4.47. The first-order valence-electron chi connectivity index (χ1n) is 10.3. The van der Waals surface area contributed by atoms with Crippen LogP contribution in [0.2, 0.25) is 0 Å². The summed E-state index contributed by atoms with van der Waals surface area (Å²) in [5, 5.41) is 14.5. The molecule has 0 saturated carbocycles. The summed E-state index contributed by atoms with van der Waals surface area (Å²) in [7, 11) is 1.63. The molecule has 0 unspecified atom stereocenters. The van der Waals surface area contributed by atoms with E-state index in [1.165, 1.54) is 0 Å². The summed E-state index contributed by atoms with van der Waals surface area (Å²) < 4.78 is 7.15. The van der Waals surface area contributed by atoms with Crippen LogP contribution in [0, 0.1) is 6.92 Å². The molecule has 0 aliphatic rings. The van der Waals surface area contributed by atoms with E-state index in [9.17, 15) is 9.90 Å². The van der Waals surface area contributed by atoms with Crippen molar-refractivity contribution in [3.63, 3.8) is 0 Å². The van der Waals surface area contributed by atoms with Gasteiger partial charge in [0.15, 0.2) is 0 Å². The highest BCUT2D eigenvalue weighted by Gasteiger charge is 2.22. The first-order valence-corrected chi connectivity index (χ1v) is 10.3. The molecule has 0 amide bonds. The number of carboxylic acid groups (broad SMARTS) is 1. The minimum atomic E-state index is -0.918. The van der Waals surface area contributed by atoms with E-state index in [0.29, 0.717) is 25.3 Å². The van der Waals surface area contributed by atoms with Gasteiger partial charge in [0, 0.05) is 36.1 Å². The van der Waals surface area contributed by atoms with Crippen molar-refractivity contribution in [2.24, 2.45) is 0 Å². The van der Waals surface area contributed by atoms with Crippen LogP contribution in [0.1, 0.15) is 32.7 Å². The van der Waals surface area contributed by atoms with E-state index in [2.05, 4.69) is 23.5 Å². The van der Waals surface area contributed by atoms with Crippen LogP contribution >= 0.6 is 0 Å². The highest BCUT2D eigenvalue weighted by Crippen LogP contribution is 2.29. The van der Waals surface area contributed by atoms with Gasteiger partial charge in [-0.25, -0.2) is 4.79 Å². The number of nitrogens with zero attached hydrogens (tertiary/aromatic N) is 1. The zero-order valence-electron chi connectivity index (χ0n) is 17.8. The minimum absolute atomic E-state index is 0.331. The number of carboxylic acids is 1. The number of rotatable bonds is 8. The third-order valence-corrected chi connectivity index (χ3v) is 5.50. The number of aryl methyl sites for hydroxylation is 1. The standard InChI is InChI=1S/C26H26N2O3/c1-18-8-13-22-23(16-27-15-19-6-4-3-5-7-19)25(26(29)30)28(24(22)14-18)17-20-9-11-21(31-2)12-10-20/h3-14,27H,15-17H2,1-2H3,(H,29,30). The molecule has 158 valence electrons. The molecule has 0 aliphatic heterocycles. The van der Waals surface area contributed by atoms with Crippen molar-refractivity contribution < 1.29 is 14.6 Å². The van der Waals surface area contributed by atoms with Crippen molar-refractivity contribution in [1.29, 1.82) is 0 Å². The van der Waals surface area contributed by atoms with Crippen LogP contribution in [0.25, 0.3) is 10.9 Å². The number of methoxy groups -OCH3 is 1. The smallest absolute Gasteiger partial charge is 0.352 e. The second kappa shape index (κ2) is 9.06. The molecule has 5 heteroatoms. The highest BCUT2D eigenvalue weighted by molar-refractivity contribution is 5.98. The Morgan fingerprint density at radius 1 is 0.968 bits per heavy atom. The van der Waals surface area contributed by atoms with Gasteiger partial charge in [-0.1, -0.05) is 54.6 Å². The quantitative estimate of drug-likeness (QED) is 0.426. The Morgan fingerprint density at radius 3 is 2.39 bits per heavy atom. The lowest BCUT2D eigenvalue weighted by Gasteiger charge is -2.11. The Labute approximate surface area is 181 Å². The number of ether oxygens (including phenoxy) is 1. The predicted octanol–water partition coefficient (Wildman–Crippen LogP) is 4.99. The SMILES string of the molecule is COc1ccc(Cn2c(C(=O)O)c(CNCc3ccccc3)c3ccc(C)cc32)cc1. The number of aromatic nitrogens is 1. The summed E-state index contributed by atoms with van der Waals surface area (Å²) in [6.45, 7) is 3.66. The Morgan fingerprint density at radius 2 is 1.71 bits per heavy atom. The van der Waals surface area contributed by atoms with E-state index in [-0.39, 0.29) is 0 Å². The van der Waals surface area contributed by atoms with Crippen LogP contribution < -0.4 is 10.1 Å². The fourth-order valence-electron chi connectivity index (χ4n) is 3.96. The summed E-state index contributed by atoms with van der Waals surface area (Å²) in [6.07, 6.45) is 0. The van der Waals surface area contributed by atoms with Crippen molar-refractivity contribution in [2.75, 3.05) is 7.11 Å². The van der Waals surface area contributed by atoms with Crippen LogP contribution in [0.5, 0.6) is 5.75 Å². The molecular formula is C26H26N2O3. The fourth-order valence-corrected chi connectivity index (χ4v) is 3.96. The Hall–Kier alpha value is -3.57. The Balaban J connectivity index is 1.72. The van der Waals surface area contributed by atoms with Gasteiger partial charge in [0.05, 0.1) is 7.11 Å². The lowest BCUT2D eigenvalue weighted by atomic mass is 10.1. The minimum Gasteiger partial charge on any atom is -0.497 e. The van der Waals surface area contributed by atoms with Crippen molar-refractivity contribution in [1.82, 2.24) is 9.88 Å². The molecule has 0 bridgehead atoms. The number of aromatic carboxylic acids is 1. The summed E-state index contributed by atoms with van der Waals surface area (Å²) >= 11 is 0. The molecule has 3 aromatic carbocycles. The van der Waals surface area contributed by atoms with Gasteiger partial charge in [0.25, 0.3) is 0 Å². The number of hydrogen-bond acceptors (Lipinski definition) is 3. The average Bonchev–Trinajstić information content (AvgIpc) is 3.07. The van der Waals surface area contributed by atoms with Crippen LogP contribution in [0.15, 0.2) is 72.8 Å². The van der Waals surface area contributed by atoms with Gasteiger partial charge >= 0.3 is 5.97 Å². The van der Waals surface area contributed by atoms with E-state index in [0.717, 1.165) is 38.9 Å². The number of carbonyl (C=O) groups is 1. The van der Waals surface area contributed by atoms with Gasteiger partial charge in [-0.05, 0) is 41.8 Å². The van der Waals surface area contributed by atoms with Crippen LogP contribution in [0.3, 0.4) is 0 Å². The van der Waals surface area contributed by atoms with Gasteiger partial charge in [-0.2, -0.15) is 0 Å². The lowest BCUT2D eigenvalue weighted by Crippen LogP contribution is -2.17. The van der Waals surface area contributed by atoms with Crippen LogP contribution in [-0.2, 0) is 19.6 Å². The van der Waals surface area contributed by atoms with Crippen molar-refractivity contribution in [3.05, 3.63) is 101 Å². The number of hydrogen-bond donors (Lipinski definition) is 2. The van der Waals surface area contributed by atoms with Crippen molar-refractivity contribution in [2.45, 2.75) is 26.6 Å². The molecule has 31 heavy (non-hydrogen) atoms. The van der Waals surface area contributed by atoms with E-state index in [1.807, 2.05) is 66.1 Å². The lowest BCUT2D eigenvalue weighted by molar-refractivity contribution is 0.0684. The predicted molar refractivity (Wildman–Crippen MR) is 123 cm³/mol. The molecule has 0 radical (unpaired) electrons. The number of fused-ring (bicyclic) bond motifs is 1. The third-order valence-electron chi connectivity index (χ3n) is 5.50. The van der Waals surface area contributed by atoms with Gasteiger partial charge in [0.1, 0.15) is 11.4 Å². The highest BCUT2D eigenvalue weighted by atomic mass is 16.5. The first-order chi connectivity index (χ1) is 15.1. The zero-order chi connectivity index (χ0) is 21.8. The molecule has 2 N–H and O–H groups in total. The van der Waals surface area contributed by atoms with Gasteiger partial charge in [-0.15, -0.1) is 0 Å². The van der Waals surface area contributed by atoms with Crippen molar-refractivity contribution in [3.8, 4) is 5.75 Å². The van der Waals surface area contributed by atoms with Crippen molar-refractivity contribution >= 4 is 16.9 Å².